The van der Waals surface area contributed by atoms with Gasteiger partial charge in [-0.25, -0.2) is 8.42 Å². The normalized spacial score (nSPS) is 12.1. The Morgan fingerprint density at radius 1 is 0.974 bits per heavy atom. The molecule has 0 aliphatic rings. The molecule has 0 aliphatic heterocycles. The van der Waals surface area contributed by atoms with Gasteiger partial charge in [0.05, 0.1) is 17.7 Å². The summed E-state index contributed by atoms with van der Waals surface area (Å²) in [7, 11) is -2.63. The Kier molecular flexibility index (Phi) is 9.99. The minimum absolute atomic E-state index is 0.0451. The molecule has 0 aliphatic carbocycles. The van der Waals surface area contributed by atoms with Crippen LogP contribution in [0.1, 0.15) is 31.9 Å². The van der Waals surface area contributed by atoms with Gasteiger partial charge in [-0.05, 0) is 81.8 Å². The van der Waals surface area contributed by atoms with E-state index >= 15 is 0 Å². The number of nitrogens with zero attached hydrogens (tertiary/aromatic N) is 2. The fraction of sp³-hybridized carbons (Fsp3) is 0.310. The van der Waals surface area contributed by atoms with Crippen LogP contribution in [0, 0.1) is 6.92 Å². The van der Waals surface area contributed by atoms with Gasteiger partial charge in [0, 0.05) is 17.6 Å². The van der Waals surface area contributed by atoms with E-state index in [-0.39, 0.29) is 29.1 Å². The van der Waals surface area contributed by atoms with Gasteiger partial charge in [0.1, 0.15) is 18.3 Å². The Labute approximate surface area is 235 Å². The van der Waals surface area contributed by atoms with Crippen LogP contribution < -0.4 is 14.4 Å². The molecule has 0 spiro atoms. The summed E-state index contributed by atoms with van der Waals surface area (Å²) in [5.74, 6) is -0.357. The third-order valence-corrected chi connectivity index (χ3v) is 8.11. The van der Waals surface area contributed by atoms with Crippen molar-refractivity contribution in [2.24, 2.45) is 0 Å². The second kappa shape index (κ2) is 13.0. The van der Waals surface area contributed by atoms with Crippen molar-refractivity contribution in [1.29, 1.82) is 0 Å². The summed E-state index contributed by atoms with van der Waals surface area (Å²) in [5, 5.41) is 3.32. The first-order valence-corrected chi connectivity index (χ1v) is 14.3. The number of benzene rings is 3. The number of anilines is 1. The number of halogens is 1. The van der Waals surface area contributed by atoms with Gasteiger partial charge in [0.2, 0.25) is 11.8 Å². The largest absolute Gasteiger partial charge is 0.497 e. The topological polar surface area (TPSA) is 96.0 Å². The highest BCUT2D eigenvalue weighted by molar-refractivity contribution is 7.92. The molecule has 0 fully saturated rings. The van der Waals surface area contributed by atoms with E-state index < -0.39 is 28.5 Å². The number of sulfonamides is 1. The van der Waals surface area contributed by atoms with E-state index in [9.17, 15) is 18.0 Å². The van der Waals surface area contributed by atoms with Crippen LogP contribution in [0.25, 0.3) is 0 Å². The summed E-state index contributed by atoms with van der Waals surface area (Å²) in [6, 6.07) is 18.8. The molecule has 8 nitrogen and oxygen atoms in total. The summed E-state index contributed by atoms with van der Waals surface area (Å²) in [6.45, 7) is 6.67. The summed E-state index contributed by atoms with van der Waals surface area (Å²) in [4.78, 5) is 28.3. The fourth-order valence-corrected chi connectivity index (χ4v) is 5.56. The van der Waals surface area contributed by atoms with E-state index in [1.807, 2.05) is 20.8 Å². The van der Waals surface area contributed by atoms with E-state index in [0.717, 1.165) is 9.87 Å². The molecule has 3 aromatic rings. The second-order valence-corrected chi connectivity index (χ2v) is 11.8. The van der Waals surface area contributed by atoms with Crippen molar-refractivity contribution in [1.82, 2.24) is 10.2 Å². The zero-order chi connectivity index (χ0) is 28.7. The maximum atomic E-state index is 13.9. The molecule has 1 N–H and O–H groups in total. The number of carbonyl (C=O) groups is 2. The molecule has 2 amide bonds. The van der Waals surface area contributed by atoms with Crippen LogP contribution in [-0.2, 0) is 26.2 Å². The van der Waals surface area contributed by atoms with Crippen LogP contribution in [0.3, 0.4) is 0 Å². The molecular weight excluding hydrogens is 538 g/mol. The van der Waals surface area contributed by atoms with E-state index in [1.54, 1.807) is 67.6 Å². The van der Waals surface area contributed by atoms with Crippen molar-refractivity contribution < 1.29 is 22.7 Å². The minimum Gasteiger partial charge on any atom is -0.497 e. The highest BCUT2D eigenvalue weighted by Crippen LogP contribution is 2.27. The lowest BCUT2D eigenvalue weighted by molar-refractivity contribution is -0.139. The Morgan fingerprint density at radius 3 is 2.18 bits per heavy atom. The number of carbonyl (C=O) groups excluding carboxylic acids is 2. The van der Waals surface area contributed by atoms with Crippen LogP contribution in [0.4, 0.5) is 5.69 Å². The predicted molar refractivity (Wildman–Crippen MR) is 153 cm³/mol. The smallest absolute Gasteiger partial charge is 0.264 e. The maximum absolute atomic E-state index is 13.9. The highest BCUT2D eigenvalue weighted by Gasteiger charge is 2.32. The lowest BCUT2D eigenvalue weighted by Crippen LogP contribution is -2.52. The SMILES string of the molecule is COc1ccc(N(CC(=O)N(Cc2cccc(Cl)c2)[C@@H](C)C(=O)NC(C)C)S(=O)(=O)c2ccc(C)cc2)cc1. The first-order valence-electron chi connectivity index (χ1n) is 12.5. The predicted octanol–water partition coefficient (Wildman–Crippen LogP) is 4.79. The number of hydrogen-bond acceptors (Lipinski definition) is 5. The van der Waals surface area contributed by atoms with Crippen molar-refractivity contribution in [3.8, 4) is 5.75 Å². The number of methoxy groups -OCH3 is 1. The Balaban J connectivity index is 2.03. The zero-order valence-corrected chi connectivity index (χ0v) is 24.3. The molecule has 0 unspecified atom stereocenters. The molecule has 0 heterocycles. The number of ether oxygens (including phenoxy) is 1. The third kappa shape index (κ3) is 7.74. The van der Waals surface area contributed by atoms with Gasteiger partial charge >= 0.3 is 0 Å². The molecule has 0 saturated carbocycles. The lowest BCUT2D eigenvalue weighted by Gasteiger charge is -2.32. The summed E-state index contributed by atoms with van der Waals surface area (Å²) in [5.41, 5.74) is 1.89. The van der Waals surface area contributed by atoms with Gasteiger partial charge < -0.3 is 15.0 Å². The van der Waals surface area contributed by atoms with Gasteiger partial charge in [-0.15, -0.1) is 0 Å². The second-order valence-electron chi connectivity index (χ2n) is 9.51. The van der Waals surface area contributed by atoms with Gasteiger partial charge in [-0.2, -0.15) is 0 Å². The number of hydrogen-bond donors (Lipinski definition) is 1. The van der Waals surface area contributed by atoms with Gasteiger partial charge in [0.15, 0.2) is 0 Å². The van der Waals surface area contributed by atoms with E-state index in [0.29, 0.717) is 16.3 Å². The third-order valence-electron chi connectivity index (χ3n) is 6.09. The Bertz CT molecular complexity index is 1390. The molecular formula is C29H34ClN3O5S. The molecule has 39 heavy (non-hydrogen) atoms. The molecule has 0 bridgehead atoms. The first kappa shape index (κ1) is 30.0. The molecule has 208 valence electrons. The molecule has 0 saturated heterocycles. The summed E-state index contributed by atoms with van der Waals surface area (Å²) >= 11 is 6.17. The minimum atomic E-state index is -4.14. The molecule has 10 heteroatoms. The van der Waals surface area contributed by atoms with Crippen LogP contribution in [-0.4, -0.2) is 50.9 Å². The standard InChI is InChI=1S/C29H34ClN3O5S/c1-20(2)31-29(35)22(4)32(18-23-7-6-8-24(30)17-23)28(34)19-33(25-11-13-26(38-5)14-12-25)39(36,37)27-15-9-21(3)10-16-27/h6-17,20,22H,18-19H2,1-5H3,(H,31,35)/t22-/m0/s1. The van der Waals surface area contributed by atoms with Crippen LogP contribution in [0.5, 0.6) is 5.75 Å². The zero-order valence-electron chi connectivity index (χ0n) is 22.7. The molecule has 3 rings (SSSR count). The monoisotopic (exact) mass is 571 g/mol. The van der Waals surface area contributed by atoms with Crippen LogP contribution >= 0.6 is 11.6 Å². The van der Waals surface area contributed by atoms with Crippen LogP contribution in [0.15, 0.2) is 77.7 Å². The van der Waals surface area contributed by atoms with Crippen LogP contribution in [0.2, 0.25) is 5.02 Å². The number of nitrogens with one attached hydrogen (secondary N) is 1. The quantitative estimate of drug-likeness (QED) is 0.357. The molecule has 0 aromatic heterocycles. The average Bonchev–Trinajstić information content (AvgIpc) is 2.89. The average molecular weight is 572 g/mol. The van der Waals surface area contributed by atoms with Crippen molar-refractivity contribution in [3.05, 3.63) is 88.9 Å². The molecule has 3 aromatic carbocycles. The van der Waals surface area contributed by atoms with Crippen molar-refractivity contribution in [2.45, 2.75) is 51.2 Å². The van der Waals surface area contributed by atoms with Gasteiger partial charge in [0.25, 0.3) is 10.0 Å². The van der Waals surface area contributed by atoms with Gasteiger partial charge in [-0.3, -0.25) is 13.9 Å². The number of rotatable bonds is 11. The Morgan fingerprint density at radius 2 is 1.62 bits per heavy atom. The highest BCUT2D eigenvalue weighted by atomic mass is 35.5. The summed E-state index contributed by atoms with van der Waals surface area (Å²) < 4.78 is 33.9. The van der Waals surface area contributed by atoms with Crippen molar-refractivity contribution >= 4 is 39.1 Å². The number of aryl methyl sites for hydroxylation is 1. The molecule has 0 radical (unpaired) electrons. The fourth-order valence-electron chi connectivity index (χ4n) is 3.93. The van der Waals surface area contributed by atoms with E-state index in [4.69, 9.17) is 16.3 Å². The first-order chi connectivity index (χ1) is 18.4. The van der Waals surface area contributed by atoms with Crippen molar-refractivity contribution in [3.63, 3.8) is 0 Å². The van der Waals surface area contributed by atoms with E-state index in [2.05, 4.69) is 5.32 Å². The summed E-state index contributed by atoms with van der Waals surface area (Å²) in [6.07, 6.45) is 0. The van der Waals surface area contributed by atoms with Crippen molar-refractivity contribution in [2.75, 3.05) is 18.0 Å². The molecule has 1 atom stereocenters. The lowest BCUT2D eigenvalue weighted by atomic mass is 10.1. The van der Waals surface area contributed by atoms with Gasteiger partial charge in [-0.1, -0.05) is 41.4 Å². The van der Waals surface area contributed by atoms with E-state index in [1.165, 1.54) is 24.1 Å². The number of amides is 2. The maximum Gasteiger partial charge on any atom is 0.264 e. The Hall–Kier alpha value is -3.56.